The molecule has 1 fully saturated rings. The van der Waals surface area contributed by atoms with Gasteiger partial charge in [-0.15, -0.1) is 0 Å². The Kier molecular flexibility index (Phi) is 3.61. The molecule has 1 atom stereocenters. The number of likely N-dealkylation sites (tertiary alicyclic amines) is 1. The first-order valence-electron chi connectivity index (χ1n) is 5.74. The van der Waals surface area contributed by atoms with Crippen molar-refractivity contribution in [3.8, 4) is 0 Å². The van der Waals surface area contributed by atoms with Crippen molar-refractivity contribution in [2.45, 2.75) is 18.9 Å². The second kappa shape index (κ2) is 5.16. The molecule has 1 aliphatic heterocycles. The highest BCUT2D eigenvalue weighted by Gasteiger charge is 2.28. The predicted molar refractivity (Wildman–Crippen MR) is 65.4 cm³/mol. The Morgan fingerprint density at radius 3 is 2.76 bits per heavy atom. The molecule has 5 nitrogen and oxygen atoms in total. The van der Waals surface area contributed by atoms with Crippen LogP contribution in [0.3, 0.4) is 0 Å². The molecule has 92 valence electrons. The lowest BCUT2D eigenvalue weighted by Gasteiger charge is -2.23. The van der Waals surface area contributed by atoms with Crippen LogP contribution in [0.5, 0.6) is 0 Å². The second-order valence-electron chi connectivity index (χ2n) is 4.20. The number of aliphatic hydroxyl groups is 1. The molecule has 1 aliphatic rings. The standard InChI is InChI=1S/C12H17N3O2/c13-14-10-5-3-9(4-6-10)12(17)15-7-1-2-11(15)8-16/h3-6,11,14,16H,1-2,7-8,13H2/t11-/m0/s1. The van der Waals surface area contributed by atoms with Gasteiger partial charge in [0, 0.05) is 17.8 Å². The van der Waals surface area contributed by atoms with Crippen LogP contribution in [-0.4, -0.2) is 35.1 Å². The van der Waals surface area contributed by atoms with E-state index in [0.29, 0.717) is 5.56 Å². The second-order valence-corrected chi connectivity index (χ2v) is 4.20. The lowest BCUT2D eigenvalue weighted by Crippen LogP contribution is -2.37. The maximum Gasteiger partial charge on any atom is 0.254 e. The molecule has 2 rings (SSSR count). The average Bonchev–Trinajstić information content (AvgIpc) is 2.86. The summed E-state index contributed by atoms with van der Waals surface area (Å²) in [5.41, 5.74) is 3.91. The van der Waals surface area contributed by atoms with Crippen LogP contribution in [0, 0.1) is 0 Å². The van der Waals surface area contributed by atoms with Crippen molar-refractivity contribution in [3.05, 3.63) is 29.8 Å². The number of hydrazine groups is 1. The van der Waals surface area contributed by atoms with Gasteiger partial charge in [-0.3, -0.25) is 10.6 Å². The van der Waals surface area contributed by atoms with Gasteiger partial charge in [-0.25, -0.2) is 0 Å². The summed E-state index contributed by atoms with van der Waals surface area (Å²) in [5.74, 6) is 5.24. The Morgan fingerprint density at radius 1 is 1.47 bits per heavy atom. The van der Waals surface area contributed by atoms with E-state index in [1.54, 1.807) is 29.2 Å². The van der Waals surface area contributed by atoms with E-state index in [4.69, 9.17) is 5.84 Å². The molecule has 5 heteroatoms. The quantitative estimate of drug-likeness (QED) is 0.528. The third-order valence-electron chi connectivity index (χ3n) is 3.15. The van der Waals surface area contributed by atoms with Crippen LogP contribution in [-0.2, 0) is 0 Å². The summed E-state index contributed by atoms with van der Waals surface area (Å²) in [6.07, 6.45) is 1.84. The van der Waals surface area contributed by atoms with Gasteiger partial charge in [-0.1, -0.05) is 0 Å². The van der Waals surface area contributed by atoms with E-state index in [-0.39, 0.29) is 18.6 Å². The fourth-order valence-corrected chi connectivity index (χ4v) is 2.17. The van der Waals surface area contributed by atoms with Crippen molar-refractivity contribution in [1.82, 2.24) is 4.90 Å². The average molecular weight is 235 g/mol. The number of hydrogen-bond acceptors (Lipinski definition) is 4. The molecule has 17 heavy (non-hydrogen) atoms. The normalized spacial score (nSPS) is 19.4. The largest absolute Gasteiger partial charge is 0.394 e. The van der Waals surface area contributed by atoms with E-state index in [1.165, 1.54) is 0 Å². The molecule has 1 aromatic carbocycles. The van der Waals surface area contributed by atoms with E-state index in [2.05, 4.69) is 5.43 Å². The number of hydrogen-bond donors (Lipinski definition) is 3. The Bertz CT molecular complexity index is 391. The molecule has 1 heterocycles. The molecule has 1 aromatic rings. The molecule has 0 aromatic heterocycles. The number of nitrogen functional groups attached to an aromatic ring is 1. The zero-order chi connectivity index (χ0) is 12.3. The van der Waals surface area contributed by atoms with Gasteiger partial charge in [0.05, 0.1) is 12.6 Å². The minimum absolute atomic E-state index is 0.0230. The number of carbonyl (C=O) groups is 1. The number of benzene rings is 1. The monoisotopic (exact) mass is 235 g/mol. The summed E-state index contributed by atoms with van der Waals surface area (Å²) in [5, 5.41) is 9.19. The molecule has 0 radical (unpaired) electrons. The number of nitrogens with two attached hydrogens (primary N) is 1. The first kappa shape index (κ1) is 11.9. The fraction of sp³-hybridized carbons (Fsp3) is 0.417. The van der Waals surface area contributed by atoms with Crippen molar-refractivity contribution in [1.29, 1.82) is 0 Å². The van der Waals surface area contributed by atoms with Crippen LogP contribution in [0.25, 0.3) is 0 Å². The number of nitrogens with one attached hydrogen (secondary N) is 1. The van der Waals surface area contributed by atoms with Crippen LogP contribution in [0.4, 0.5) is 5.69 Å². The van der Waals surface area contributed by atoms with Gasteiger partial charge in [0.2, 0.25) is 0 Å². The molecule has 1 saturated heterocycles. The van der Waals surface area contributed by atoms with Crippen LogP contribution in [0.2, 0.25) is 0 Å². The van der Waals surface area contributed by atoms with Gasteiger partial charge >= 0.3 is 0 Å². The maximum atomic E-state index is 12.2. The molecule has 0 bridgehead atoms. The topological polar surface area (TPSA) is 78.6 Å². The Morgan fingerprint density at radius 2 is 2.18 bits per heavy atom. The number of nitrogens with zero attached hydrogens (tertiary/aromatic N) is 1. The Hall–Kier alpha value is -1.59. The molecular formula is C12H17N3O2. The van der Waals surface area contributed by atoms with Gasteiger partial charge < -0.3 is 15.4 Å². The van der Waals surface area contributed by atoms with E-state index in [1.807, 2.05) is 0 Å². The number of rotatable bonds is 3. The zero-order valence-electron chi connectivity index (χ0n) is 9.60. The minimum atomic E-state index is -0.0326. The number of carbonyl (C=O) groups excluding carboxylic acids is 1. The summed E-state index contributed by atoms with van der Waals surface area (Å²) in [4.78, 5) is 13.9. The number of amides is 1. The van der Waals surface area contributed by atoms with E-state index < -0.39 is 0 Å². The predicted octanol–water partition coefficient (Wildman–Crippen LogP) is 0.569. The molecule has 0 saturated carbocycles. The molecular weight excluding hydrogens is 218 g/mol. The molecule has 1 amide bonds. The van der Waals surface area contributed by atoms with E-state index in [9.17, 15) is 9.90 Å². The van der Waals surface area contributed by atoms with Gasteiger partial charge in [0.25, 0.3) is 5.91 Å². The van der Waals surface area contributed by atoms with E-state index in [0.717, 1.165) is 25.1 Å². The van der Waals surface area contributed by atoms with Gasteiger partial charge in [-0.2, -0.15) is 0 Å². The lowest BCUT2D eigenvalue weighted by molar-refractivity contribution is 0.0677. The van der Waals surface area contributed by atoms with Gasteiger partial charge in [-0.05, 0) is 37.1 Å². The minimum Gasteiger partial charge on any atom is -0.394 e. The highest BCUT2D eigenvalue weighted by molar-refractivity contribution is 5.95. The summed E-state index contributed by atoms with van der Waals surface area (Å²) in [6.45, 7) is 0.759. The molecule has 4 N–H and O–H groups in total. The van der Waals surface area contributed by atoms with Crippen LogP contribution in [0.1, 0.15) is 23.2 Å². The fourth-order valence-electron chi connectivity index (χ4n) is 2.17. The summed E-state index contributed by atoms with van der Waals surface area (Å²) >= 11 is 0. The third-order valence-corrected chi connectivity index (χ3v) is 3.15. The third kappa shape index (κ3) is 2.40. The van der Waals surface area contributed by atoms with Crippen molar-refractivity contribution in [3.63, 3.8) is 0 Å². The lowest BCUT2D eigenvalue weighted by atomic mass is 10.1. The summed E-state index contributed by atoms with van der Waals surface area (Å²) in [7, 11) is 0. The number of anilines is 1. The van der Waals surface area contributed by atoms with E-state index >= 15 is 0 Å². The van der Waals surface area contributed by atoms with Crippen LogP contribution in [0.15, 0.2) is 24.3 Å². The van der Waals surface area contributed by atoms with Crippen LogP contribution >= 0.6 is 0 Å². The highest BCUT2D eigenvalue weighted by atomic mass is 16.3. The smallest absolute Gasteiger partial charge is 0.254 e. The van der Waals surface area contributed by atoms with Crippen molar-refractivity contribution >= 4 is 11.6 Å². The molecule has 0 aliphatic carbocycles. The SMILES string of the molecule is NNc1ccc(C(=O)N2CCC[C@H]2CO)cc1. The van der Waals surface area contributed by atoms with Crippen molar-refractivity contribution < 1.29 is 9.90 Å². The summed E-state index contributed by atoms with van der Waals surface area (Å²) in [6, 6.07) is 6.97. The molecule has 0 spiro atoms. The Balaban J connectivity index is 2.13. The van der Waals surface area contributed by atoms with Crippen molar-refractivity contribution in [2.75, 3.05) is 18.6 Å². The van der Waals surface area contributed by atoms with Crippen LogP contribution < -0.4 is 11.3 Å². The first-order chi connectivity index (χ1) is 8.26. The van der Waals surface area contributed by atoms with Crippen molar-refractivity contribution in [2.24, 2.45) is 5.84 Å². The van der Waals surface area contributed by atoms with Gasteiger partial charge in [0.1, 0.15) is 0 Å². The molecule has 0 unspecified atom stereocenters. The summed E-state index contributed by atoms with van der Waals surface area (Å²) < 4.78 is 0. The highest BCUT2D eigenvalue weighted by Crippen LogP contribution is 2.20. The van der Waals surface area contributed by atoms with Gasteiger partial charge in [0.15, 0.2) is 0 Å². The number of aliphatic hydroxyl groups excluding tert-OH is 1. The Labute approximate surface area is 100 Å². The zero-order valence-corrected chi connectivity index (χ0v) is 9.60. The first-order valence-corrected chi connectivity index (χ1v) is 5.74. The maximum absolute atomic E-state index is 12.2.